The lowest BCUT2D eigenvalue weighted by atomic mass is 10.1. The predicted molar refractivity (Wildman–Crippen MR) is 76.0 cm³/mol. The van der Waals surface area contributed by atoms with Gasteiger partial charge in [-0.1, -0.05) is 34.1 Å². The minimum absolute atomic E-state index is 0.434. The molecule has 1 atom stereocenters. The highest BCUT2D eigenvalue weighted by molar-refractivity contribution is 9.10. The first-order chi connectivity index (χ1) is 7.77. The molecule has 1 unspecified atom stereocenters. The van der Waals surface area contributed by atoms with E-state index in [-0.39, 0.29) is 0 Å². The fourth-order valence-corrected chi connectivity index (χ4v) is 3.87. The van der Waals surface area contributed by atoms with E-state index in [1.807, 2.05) is 0 Å². The molecule has 0 bridgehead atoms. The Balaban J connectivity index is 1.96. The average Bonchev–Trinajstić information content (AvgIpc) is 2.31. The van der Waals surface area contributed by atoms with Gasteiger partial charge in [-0.15, -0.1) is 0 Å². The van der Waals surface area contributed by atoms with Crippen LogP contribution in [0.4, 0.5) is 0 Å². The first kappa shape index (κ1) is 12.5. The van der Waals surface area contributed by atoms with Crippen LogP contribution in [-0.4, -0.2) is 17.5 Å². The number of thioether (sulfide) groups is 1. The molecule has 1 fully saturated rings. The van der Waals surface area contributed by atoms with Crippen LogP contribution in [0.1, 0.15) is 31.4 Å². The Morgan fingerprint density at radius 2 is 2.00 bits per heavy atom. The highest BCUT2D eigenvalue weighted by atomic mass is 79.9. The lowest BCUT2D eigenvalue weighted by Gasteiger charge is -2.27. The van der Waals surface area contributed by atoms with Gasteiger partial charge in [-0.3, -0.25) is 0 Å². The van der Waals surface area contributed by atoms with Gasteiger partial charge < -0.3 is 5.32 Å². The van der Waals surface area contributed by atoms with Gasteiger partial charge in [-0.2, -0.15) is 11.8 Å². The molecule has 1 N–H and O–H groups in total. The Hall–Kier alpha value is 0.01000. The van der Waals surface area contributed by atoms with Gasteiger partial charge >= 0.3 is 0 Å². The summed E-state index contributed by atoms with van der Waals surface area (Å²) in [5.41, 5.74) is 1.36. The maximum Gasteiger partial charge on any atom is 0.0305 e. The van der Waals surface area contributed by atoms with Gasteiger partial charge in [0.25, 0.3) is 0 Å². The highest BCUT2D eigenvalue weighted by Crippen LogP contribution is 2.25. The molecule has 1 heterocycles. The number of rotatable bonds is 3. The molecule has 0 saturated carbocycles. The van der Waals surface area contributed by atoms with Crippen molar-refractivity contribution in [1.82, 2.24) is 5.32 Å². The van der Waals surface area contributed by atoms with Crippen molar-refractivity contribution in [1.29, 1.82) is 0 Å². The molecule has 0 aliphatic carbocycles. The van der Waals surface area contributed by atoms with Crippen LogP contribution in [0.5, 0.6) is 0 Å². The molecule has 1 aromatic rings. The average molecular weight is 300 g/mol. The van der Waals surface area contributed by atoms with Crippen molar-refractivity contribution in [3.63, 3.8) is 0 Å². The number of benzene rings is 1. The third kappa shape index (κ3) is 3.25. The quantitative estimate of drug-likeness (QED) is 0.905. The van der Waals surface area contributed by atoms with Crippen LogP contribution in [0.25, 0.3) is 0 Å². The Kier molecular flexibility index (Phi) is 4.74. The summed E-state index contributed by atoms with van der Waals surface area (Å²) < 4.78 is 1.21. The Morgan fingerprint density at radius 1 is 1.31 bits per heavy atom. The summed E-state index contributed by atoms with van der Waals surface area (Å²) >= 11 is 5.69. The lowest BCUT2D eigenvalue weighted by molar-refractivity contribution is 0.430. The number of nitrogens with one attached hydrogen (secondary N) is 1. The second-order valence-corrected chi connectivity index (χ2v) is 6.38. The van der Waals surface area contributed by atoms with Gasteiger partial charge in [0.15, 0.2) is 0 Å². The molecule has 0 radical (unpaired) electrons. The molecule has 1 aliphatic rings. The second-order valence-electron chi connectivity index (χ2n) is 4.30. The van der Waals surface area contributed by atoms with Crippen LogP contribution >= 0.6 is 27.7 Å². The van der Waals surface area contributed by atoms with E-state index in [0.717, 1.165) is 0 Å². The third-order valence-corrected chi connectivity index (χ3v) is 4.85. The maximum absolute atomic E-state index is 3.73. The van der Waals surface area contributed by atoms with Gasteiger partial charge in [0.1, 0.15) is 0 Å². The van der Waals surface area contributed by atoms with Crippen LogP contribution in [0, 0.1) is 0 Å². The Bertz CT molecular complexity index is 336. The maximum atomic E-state index is 3.73. The minimum atomic E-state index is 0.434. The SMILES string of the molecule is CC(NC1CCSCC1)c1ccccc1Br. The topological polar surface area (TPSA) is 12.0 Å². The van der Waals surface area contributed by atoms with Gasteiger partial charge in [-0.05, 0) is 42.9 Å². The summed E-state index contributed by atoms with van der Waals surface area (Å²) in [7, 11) is 0. The van der Waals surface area contributed by atoms with Gasteiger partial charge in [0.2, 0.25) is 0 Å². The molecule has 1 aliphatic heterocycles. The number of hydrogen-bond donors (Lipinski definition) is 1. The minimum Gasteiger partial charge on any atom is -0.307 e. The molecular formula is C13H18BrNS. The summed E-state index contributed by atoms with van der Waals surface area (Å²) in [4.78, 5) is 0. The number of hydrogen-bond acceptors (Lipinski definition) is 2. The lowest BCUT2D eigenvalue weighted by Crippen LogP contribution is -2.34. The van der Waals surface area contributed by atoms with Crippen LogP contribution in [0.2, 0.25) is 0 Å². The van der Waals surface area contributed by atoms with E-state index >= 15 is 0 Å². The fourth-order valence-electron chi connectivity index (χ4n) is 2.13. The highest BCUT2D eigenvalue weighted by Gasteiger charge is 2.17. The van der Waals surface area contributed by atoms with E-state index < -0.39 is 0 Å². The van der Waals surface area contributed by atoms with Crippen molar-refractivity contribution < 1.29 is 0 Å². The zero-order valence-electron chi connectivity index (χ0n) is 9.58. The van der Waals surface area contributed by atoms with Crippen molar-refractivity contribution in [2.75, 3.05) is 11.5 Å². The molecule has 2 rings (SSSR count). The monoisotopic (exact) mass is 299 g/mol. The van der Waals surface area contributed by atoms with Gasteiger partial charge in [0, 0.05) is 16.6 Å². The molecule has 0 spiro atoms. The molecule has 0 amide bonds. The van der Waals surface area contributed by atoms with E-state index in [2.05, 4.69) is 64.2 Å². The molecule has 3 heteroatoms. The second kappa shape index (κ2) is 6.08. The largest absolute Gasteiger partial charge is 0.307 e. The van der Waals surface area contributed by atoms with Gasteiger partial charge in [0.05, 0.1) is 0 Å². The third-order valence-electron chi connectivity index (χ3n) is 3.08. The van der Waals surface area contributed by atoms with Crippen LogP contribution < -0.4 is 5.32 Å². The molecular weight excluding hydrogens is 282 g/mol. The zero-order chi connectivity index (χ0) is 11.4. The van der Waals surface area contributed by atoms with Crippen LogP contribution in [0.3, 0.4) is 0 Å². The Morgan fingerprint density at radius 3 is 2.69 bits per heavy atom. The molecule has 1 nitrogen and oxygen atoms in total. The molecule has 1 aromatic carbocycles. The van der Waals surface area contributed by atoms with Gasteiger partial charge in [-0.25, -0.2) is 0 Å². The van der Waals surface area contributed by atoms with E-state index in [1.54, 1.807) is 0 Å². The number of halogens is 1. The first-order valence-corrected chi connectivity index (χ1v) is 7.80. The summed E-state index contributed by atoms with van der Waals surface area (Å²) in [6.45, 7) is 2.25. The van der Waals surface area contributed by atoms with Crippen molar-refractivity contribution in [2.24, 2.45) is 0 Å². The summed E-state index contributed by atoms with van der Waals surface area (Å²) in [5, 5.41) is 3.73. The van der Waals surface area contributed by atoms with Crippen molar-refractivity contribution in [3.8, 4) is 0 Å². The fraction of sp³-hybridized carbons (Fsp3) is 0.538. The zero-order valence-corrected chi connectivity index (χ0v) is 12.0. The van der Waals surface area contributed by atoms with E-state index in [9.17, 15) is 0 Å². The van der Waals surface area contributed by atoms with E-state index in [0.29, 0.717) is 12.1 Å². The molecule has 16 heavy (non-hydrogen) atoms. The molecule has 88 valence electrons. The van der Waals surface area contributed by atoms with E-state index in [4.69, 9.17) is 0 Å². The Labute approximate surface area is 111 Å². The van der Waals surface area contributed by atoms with Crippen LogP contribution in [-0.2, 0) is 0 Å². The summed E-state index contributed by atoms with van der Waals surface area (Å²) in [6, 6.07) is 9.61. The first-order valence-electron chi connectivity index (χ1n) is 5.85. The molecule has 1 saturated heterocycles. The standard InChI is InChI=1S/C13H18BrNS/c1-10(12-4-2-3-5-13(12)14)15-11-6-8-16-9-7-11/h2-5,10-11,15H,6-9H2,1H3. The van der Waals surface area contributed by atoms with E-state index in [1.165, 1.54) is 34.4 Å². The summed E-state index contributed by atoms with van der Waals surface area (Å²) in [6.07, 6.45) is 2.61. The van der Waals surface area contributed by atoms with Crippen molar-refractivity contribution >= 4 is 27.7 Å². The van der Waals surface area contributed by atoms with Crippen molar-refractivity contribution in [2.45, 2.75) is 31.8 Å². The van der Waals surface area contributed by atoms with Crippen molar-refractivity contribution in [3.05, 3.63) is 34.3 Å². The normalized spacial score (nSPS) is 19.6. The van der Waals surface area contributed by atoms with Crippen LogP contribution in [0.15, 0.2) is 28.7 Å². The predicted octanol–water partition coefficient (Wildman–Crippen LogP) is 4.00. The smallest absolute Gasteiger partial charge is 0.0305 e. The molecule has 0 aromatic heterocycles. The summed E-state index contributed by atoms with van der Waals surface area (Å²) in [5.74, 6) is 2.61.